The fourth-order valence-electron chi connectivity index (χ4n) is 0.232. The van der Waals surface area contributed by atoms with Crippen molar-refractivity contribution in [1.29, 1.82) is 0 Å². The molecule has 48 valence electrons. The van der Waals surface area contributed by atoms with Gasteiger partial charge in [-0.25, -0.2) is 0 Å². The highest BCUT2D eigenvalue weighted by Crippen LogP contribution is 2.38. The van der Waals surface area contributed by atoms with Crippen molar-refractivity contribution < 1.29 is 14.4 Å². The summed E-state index contributed by atoms with van der Waals surface area (Å²) in [6.45, 7) is 1.55. The molecule has 2 N–H and O–H groups in total. The van der Waals surface area contributed by atoms with E-state index < -0.39 is 7.60 Å². The quantitative estimate of drug-likeness (QED) is 0.630. The fraction of sp³-hybridized carbons (Fsp3) is 0.333. The molecule has 3 nitrogen and oxygen atoms in total. The minimum absolute atomic E-state index is 0.450. The number of allylic oxidation sites excluding steroid dienone is 1. The highest BCUT2D eigenvalue weighted by molar-refractivity contribution is 9.11. The molecule has 0 heterocycles. The van der Waals surface area contributed by atoms with Crippen LogP contribution in [0.1, 0.15) is 6.92 Å². The maximum Gasteiger partial charge on any atom is 0.349 e. The van der Waals surface area contributed by atoms with E-state index in [4.69, 9.17) is 9.79 Å². The minimum Gasteiger partial charge on any atom is -0.321 e. The third-order valence-electron chi connectivity index (χ3n) is 0.346. The summed E-state index contributed by atoms with van der Waals surface area (Å²) in [4.78, 5) is 16.4. The molecule has 0 aliphatic heterocycles. The molecule has 0 aromatic carbocycles. The Balaban J connectivity index is 4.11. The van der Waals surface area contributed by atoms with Crippen LogP contribution in [-0.2, 0) is 4.57 Å². The van der Waals surface area contributed by atoms with Crippen LogP contribution in [0.3, 0.4) is 0 Å². The first kappa shape index (κ1) is 8.37. The van der Waals surface area contributed by atoms with E-state index in [1.807, 2.05) is 0 Å². The van der Waals surface area contributed by atoms with E-state index in [1.165, 1.54) is 0 Å². The second-order valence-electron chi connectivity index (χ2n) is 1.30. The molecular weight excluding hydrogens is 195 g/mol. The summed E-state index contributed by atoms with van der Waals surface area (Å²) in [5, 5.41) is 0. The number of hydrogen-bond donors (Lipinski definition) is 2. The first-order valence-corrected chi connectivity index (χ1v) is 4.29. The average Bonchev–Trinajstić information content (AvgIpc) is 1.21. The van der Waals surface area contributed by atoms with Crippen LogP contribution in [0.25, 0.3) is 0 Å². The third kappa shape index (κ3) is 6.37. The fourth-order valence-corrected chi connectivity index (χ4v) is 1.50. The number of halogens is 1. The Morgan fingerprint density at radius 3 is 2.12 bits per heavy atom. The van der Waals surface area contributed by atoms with Crippen LogP contribution >= 0.6 is 23.5 Å². The molecule has 0 unspecified atom stereocenters. The van der Waals surface area contributed by atoms with Crippen molar-refractivity contribution in [2.24, 2.45) is 0 Å². The molecule has 0 radical (unpaired) electrons. The van der Waals surface area contributed by atoms with Gasteiger partial charge < -0.3 is 9.79 Å². The van der Waals surface area contributed by atoms with Crippen LogP contribution in [0.4, 0.5) is 0 Å². The van der Waals surface area contributed by atoms with Gasteiger partial charge in [0.25, 0.3) is 0 Å². The predicted molar refractivity (Wildman–Crippen MR) is 34.7 cm³/mol. The Kier molecular flexibility index (Phi) is 2.91. The Labute approximate surface area is 55.7 Å². The molecule has 0 bridgehead atoms. The standard InChI is InChI=1S/C3H6BrO3P/c1-3(4)2-8(5,6)7/h2H,1H3,(H2,5,6,7). The van der Waals surface area contributed by atoms with Crippen LogP contribution in [0.15, 0.2) is 10.3 Å². The molecule has 5 heteroatoms. The summed E-state index contributed by atoms with van der Waals surface area (Å²) in [6, 6.07) is 0. The Morgan fingerprint density at radius 1 is 1.75 bits per heavy atom. The van der Waals surface area contributed by atoms with Gasteiger partial charge in [-0.1, -0.05) is 15.9 Å². The SMILES string of the molecule is CC(Br)=CP(=O)(O)O. The molecule has 0 aromatic heterocycles. The van der Waals surface area contributed by atoms with Crippen molar-refractivity contribution in [3.05, 3.63) is 10.3 Å². The first-order chi connectivity index (χ1) is 3.42. The van der Waals surface area contributed by atoms with Crippen LogP contribution in [-0.4, -0.2) is 9.79 Å². The van der Waals surface area contributed by atoms with Gasteiger partial charge in [0.2, 0.25) is 0 Å². The highest BCUT2D eigenvalue weighted by Gasteiger charge is 2.05. The topological polar surface area (TPSA) is 57.5 Å². The first-order valence-electron chi connectivity index (χ1n) is 1.82. The van der Waals surface area contributed by atoms with E-state index in [0.29, 0.717) is 4.48 Å². The van der Waals surface area contributed by atoms with Crippen molar-refractivity contribution in [3.8, 4) is 0 Å². The van der Waals surface area contributed by atoms with Gasteiger partial charge >= 0.3 is 7.60 Å². The van der Waals surface area contributed by atoms with Crippen LogP contribution in [0, 0.1) is 0 Å². The van der Waals surface area contributed by atoms with Crippen LogP contribution in [0.5, 0.6) is 0 Å². The molecule has 0 amide bonds. The van der Waals surface area contributed by atoms with E-state index in [9.17, 15) is 4.57 Å². The summed E-state index contributed by atoms with van der Waals surface area (Å²) in [7, 11) is -3.93. The van der Waals surface area contributed by atoms with Gasteiger partial charge in [-0.05, 0) is 6.92 Å². The van der Waals surface area contributed by atoms with Crippen molar-refractivity contribution in [2.75, 3.05) is 0 Å². The largest absolute Gasteiger partial charge is 0.349 e. The molecule has 0 aliphatic rings. The molecule has 0 aromatic rings. The third-order valence-corrected chi connectivity index (χ3v) is 1.65. The minimum atomic E-state index is -3.93. The van der Waals surface area contributed by atoms with E-state index >= 15 is 0 Å². The molecule has 8 heavy (non-hydrogen) atoms. The second-order valence-corrected chi connectivity index (χ2v) is 3.99. The highest BCUT2D eigenvalue weighted by atomic mass is 79.9. The molecule has 0 atom stereocenters. The lowest BCUT2D eigenvalue weighted by atomic mass is 10.8. The lowest BCUT2D eigenvalue weighted by Crippen LogP contribution is -1.68. The zero-order valence-electron chi connectivity index (χ0n) is 4.21. The lowest BCUT2D eigenvalue weighted by Gasteiger charge is -1.92. The van der Waals surface area contributed by atoms with Crippen LogP contribution in [0.2, 0.25) is 0 Å². The summed E-state index contributed by atoms with van der Waals surface area (Å²) in [5.41, 5.74) is 0. The Bertz CT molecular complexity index is 143. The second kappa shape index (κ2) is 2.78. The zero-order chi connectivity index (χ0) is 6.78. The normalized spacial score (nSPS) is 14.2. The molecular formula is C3H6BrO3P. The van der Waals surface area contributed by atoms with E-state index in [-0.39, 0.29) is 0 Å². The van der Waals surface area contributed by atoms with Gasteiger partial charge in [0.1, 0.15) is 0 Å². The van der Waals surface area contributed by atoms with E-state index in [1.54, 1.807) is 6.92 Å². The molecule has 0 saturated carbocycles. The predicted octanol–water partition coefficient (Wildman–Crippen LogP) is 1.42. The summed E-state index contributed by atoms with van der Waals surface area (Å²) in [5.74, 6) is 0.854. The Morgan fingerprint density at radius 2 is 2.12 bits per heavy atom. The molecule has 0 spiro atoms. The lowest BCUT2D eigenvalue weighted by molar-refractivity contribution is 0.386. The van der Waals surface area contributed by atoms with Gasteiger partial charge in [0.05, 0.1) is 0 Å². The Hall–Kier alpha value is 0.370. The maximum absolute atomic E-state index is 10.0. The maximum atomic E-state index is 10.0. The molecule has 0 rings (SSSR count). The molecule has 0 fully saturated rings. The smallest absolute Gasteiger partial charge is 0.321 e. The van der Waals surface area contributed by atoms with Gasteiger partial charge in [-0.15, -0.1) is 0 Å². The van der Waals surface area contributed by atoms with Crippen molar-refractivity contribution >= 4 is 23.5 Å². The monoisotopic (exact) mass is 200 g/mol. The zero-order valence-corrected chi connectivity index (χ0v) is 6.69. The van der Waals surface area contributed by atoms with Gasteiger partial charge in [0.15, 0.2) is 0 Å². The van der Waals surface area contributed by atoms with Gasteiger partial charge in [0, 0.05) is 10.3 Å². The van der Waals surface area contributed by atoms with Crippen molar-refractivity contribution in [3.63, 3.8) is 0 Å². The molecule has 0 saturated heterocycles. The number of rotatable bonds is 1. The summed E-state index contributed by atoms with van der Waals surface area (Å²) >= 11 is 2.88. The van der Waals surface area contributed by atoms with Crippen molar-refractivity contribution in [2.45, 2.75) is 6.92 Å². The number of hydrogen-bond acceptors (Lipinski definition) is 1. The molecule has 0 aliphatic carbocycles. The van der Waals surface area contributed by atoms with Crippen LogP contribution < -0.4 is 0 Å². The van der Waals surface area contributed by atoms with Gasteiger partial charge in [-0.3, -0.25) is 4.57 Å². The van der Waals surface area contributed by atoms with E-state index in [2.05, 4.69) is 15.9 Å². The summed E-state index contributed by atoms with van der Waals surface area (Å²) in [6.07, 6.45) is 0. The van der Waals surface area contributed by atoms with Crippen molar-refractivity contribution in [1.82, 2.24) is 0 Å². The summed E-state index contributed by atoms with van der Waals surface area (Å²) < 4.78 is 10.5. The van der Waals surface area contributed by atoms with Gasteiger partial charge in [-0.2, -0.15) is 0 Å². The van der Waals surface area contributed by atoms with E-state index in [0.717, 1.165) is 5.82 Å². The average molecular weight is 201 g/mol.